The van der Waals surface area contributed by atoms with E-state index in [4.69, 9.17) is 0 Å². The van der Waals surface area contributed by atoms with Crippen LogP contribution < -0.4 is 4.72 Å². The lowest BCUT2D eigenvalue weighted by Gasteiger charge is -1.89. The van der Waals surface area contributed by atoms with Crippen molar-refractivity contribution in [2.24, 2.45) is 0 Å². The highest BCUT2D eigenvalue weighted by atomic mass is 32.1. The van der Waals surface area contributed by atoms with Crippen LogP contribution in [-0.4, -0.2) is 0 Å². The summed E-state index contributed by atoms with van der Waals surface area (Å²) in [4.78, 5) is 0. The van der Waals surface area contributed by atoms with Crippen molar-refractivity contribution in [3.05, 3.63) is 36.1 Å². The van der Waals surface area contributed by atoms with E-state index in [1.165, 1.54) is 0 Å². The van der Waals surface area contributed by atoms with Crippen LogP contribution in [0.3, 0.4) is 0 Å². The molecule has 0 heterocycles. The molecule has 0 radical (unpaired) electrons. The maximum atomic E-state index is 3.85. The molecule has 0 spiro atoms. The van der Waals surface area contributed by atoms with E-state index < -0.39 is 0 Å². The Morgan fingerprint density at radius 3 is 2.88 bits per heavy atom. The van der Waals surface area contributed by atoms with E-state index in [9.17, 15) is 0 Å². The molecule has 1 rings (SSSR count). The maximum absolute atomic E-state index is 3.85. The lowest BCUT2D eigenvalue weighted by Crippen LogP contribution is -1.95. The molecule has 1 aliphatic rings. The van der Waals surface area contributed by atoms with E-state index in [0.29, 0.717) is 0 Å². The molecule has 1 N–H and O–H groups in total. The molecule has 8 heavy (non-hydrogen) atoms. The normalized spacial score (nSPS) is 14.9. The largest absolute Gasteiger partial charge is 0.310 e. The summed E-state index contributed by atoms with van der Waals surface area (Å²) in [5.41, 5.74) is 0.993. The molecule has 0 saturated carbocycles. The predicted molar refractivity (Wildman–Crippen MR) is 37.2 cm³/mol. The fraction of sp³-hybridized carbons (Fsp3) is 0. The molecule has 0 aromatic heterocycles. The number of allylic oxidation sites excluding steroid dienone is 5. The molecule has 40 valence electrons. The number of thiol groups is 1. The van der Waals surface area contributed by atoms with Crippen LogP contribution in [0.1, 0.15) is 0 Å². The molecule has 0 unspecified atom stereocenters. The Hall–Kier alpha value is -0.720. The molecule has 1 nitrogen and oxygen atoms in total. The summed E-state index contributed by atoms with van der Waals surface area (Å²) >= 11 is 3.85. The molecule has 0 atom stereocenters. The van der Waals surface area contributed by atoms with Gasteiger partial charge in [-0.15, -0.1) is 0 Å². The second kappa shape index (κ2) is 2.55. The molecule has 0 aliphatic heterocycles. The monoisotopic (exact) mass is 124 g/mol. The van der Waals surface area contributed by atoms with Crippen molar-refractivity contribution in [1.82, 2.24) is 4.72 Å². The van der Waals surface area contributed by atoms with Gasteiger partial charge in [0.1, 0.15) is 12.2 Å². The second-order valence-electron chi connectivity index (χ2n) is 1.40. The summed E-state index contributed by atoms with van der Waals surface area (Å²) in [6.07, 6.45) is 10.3. The van der Waals surface area contributed by atoms with Crippen molar-refractivity contribution >= 4 is 12.8 Å². The van der Waals surface area contributed by atoms with E-state index in [2.05, 4.69) is 23.6 Å². The van der Waals surface area contributed by atoms with E-state index in [1.807, 2.05) is 24.3 Å². The van der Waals surface area contributed by atoms with E-state index in [1.54, 1.807) is 0 Å². The third kappa shape index (κ3) is 1.12. The van der Waals surface area contributed by atoms with Crippen LogP contribution in [0.4, 0.5) is 0 Å². The van der Waals surface area contributed by atoms with Crippen LogP contribution in [-0.2, 0) is 0 Å². The first-order chi connectivity index (χ1) is 3.93. The molecule has 0 amide bonds. The minimum absolute atomic E-state index is 0.993. The number of nitrogens with one attached hydrogen (secondary N) is 1. The van der Waals surface area contributed by atoms with Crippen molar-refractivity contribution in [2.45, 2.75) is 0 Å². The van der Waals surface area contributed by atoms with E-state index in [-0.39, 0.29) is 0 Å². The fourth-order valence-corrected chi connectivity index (χ4v) is 0.611. The van der Waals surface area contributed by atoms with Crippen LogP contribution in [0, 0.1) is 6.08 Å². The summed E-state index contributed by atoms with van der Waals surface area (Å²) in [6.45, 7) is 0. The highest BCUT2D eigenvalue weighted by Gasteiger charge is 1.95. The summed E-state index contributed by atoms with van der Waals surface area (Å²) in [6, 6.07) is 0. The van der Waals surface area contributed by atoms with Gasteiger partial charge in [0, 0.05) is 6.08 Å². The van der Waals surface area contributed by atoms with Gasteiger partial charge in [0.15, 0.2) is 5.70 Å². The number of hydrogen-bond donors (Lipinski definition) is 2. The van der Waals surface area contributed by atoms with E-state index >= 15 is 0 Å². The van der Waals surface area contributed by atoms with Crippen LogP contribution in [0.5, 0.6) is 0 Å². The highest BCUT2D eigenvalue weighted by Crippen LogP contribution is 1.98. The Labute approximate surface area is 54.3 Å². The Morgan fingerprint density at radius 2 is 2.50 bits per heavy atom. The molecule has 0 aromatic carbocycles. The SMILES string of the molecule is SNC1=CC=[C+]C=C1. The first-order valence-corrected chi connectivity index (χ1v) is 2.74. The van der Waals surface area contributed by atoms with Crippen LogP contribution in [0.25, 0.3) is 0 Å². The van der Waals surface area contributed by atoms with Crippen molar-refractivity contribution in [3.63, 3.8) is 0 Å². The maximum Gasteiger partial charge on any atom is 0.158 e. The van der Waals surface area contributed by atoms with Gasteiger partial charge in [-0.25, -0.2) is 0 Å². The van der Waals surface area contributed by atoms with Crippen LogP contribution >= 0.6 is 12.8 Å². The average Bonchev–Trinajstić information content (AvgIpc) is 1.90. The van der Waals surface area contributed by atoms with Crippen molar-refractivity contribution in [1.29, 1.82) is 0 Å². The first kappa shape index (κ1) is 5.42. The van der Waals surface area contributed by atoms with Gasteiger partial charge in [0.05, 0.1) is 12.2 Å². The Bertz CT molecular complexity index is 156. The minimum Gasteiger partial charge on any atom is -0.310 e. The minimum atomic E-state index is 0.993. The summed E-state index contributed by atoms with van der Waals surface area (Å²) in [7, 11) is 0. The average molecular weight is 124 g/mol. The van der Waals surface area contributed by atoms with Gasteiger partial charge >= 0.3 is 0 Å². The zero-order valence-electron chi connectivity index (χ0n) is 4.26. The molecule has 1 aliphatic carbocycles. The first-order valence-electron chi connectivity index (χ1n) is 2.29. The highest BCUT2D eigenvalue weighted by molar-refractivity contribution is 7.78. The van der Waals surface area contributed by atoms with Gasteiger partial charge in [-0.3, -0.25) is 0 Å². The predicted octanol–water partition coefficient (Wildman–Crippen LogP) is 1.23. The van der Waals surface area contributed by atoms with Crippen LogP contribution in [0.2, 0.25) is 0 Å². The van der Waals surface area contributed by atoms with Crippen molar-refractivity contribution in [2.75, 3.05) is 0 Å². The van der Waals surface area contributed by atoms with Crippen LogP contribution in [0.15, 0.2) is 30.0 Å². The van der Waals surface area contributed by atoms with E-state index in [0.717, 1.165) is 5.70 Å². The zero-order chi connectivity index (χ0) is 5.82. The van der Waals surface area contributed by atoms with Gasteiger partial charge in [0.2, 0.25) is 0 Å². The lowest BCUT2D eigenvalue weighted by atomic mass is 10.3. The Kier molecular flexibility index (Phi) is 1.73. The van der Waals surface area contributed by atoms with Gasteiger partial charge in [-0.05, 0) is 0 Å². The molecule has 0 fully saturated rings. The van der Waals surface area contributed by atoms with Crippen molar-refractivity contribution < 1.29 is 0 Å². The standard InChI is InChI=1S/C6H6NS/c8-7-6-4-2-1-3-5-6/h2-5,7-8H/q+1. The third-order valence-corrected chi connectivity index (χ3v) is 1.11. The molecular formula is C6H6NS+. The smallest absolute Gasteiger partial charge is 0.158 e. The topological polar surface area (TPSA) is 12.0 Å². The van der Waals surface area contributed by atoms with Crippen molar-refractivity contribution in [3.8, 4) is 0 Å². The molecular weight excluding hydrogens is 118 g/mol. The van der Waals surface area contributed by atoms with Gasteiger partial charge in [0.25, 0.3) is 0 Å². The quantitative estimate of drug-likeness (QED) is 0.396. The van der Waals surface area contributed by atoms with Gasteiger partial charge < -0.3 is 4.72 Å². The Morgan fingerprint density at radius 1 is 1.62 bits per heavy atom. The second-order valence-corrected chi connectivity index (χ2v) is 1.62. The number of rotatable bonds is 1. The van der Waals surface area contributed by atoms with Gasteiger partial charge in [-0.2, -0.15) is 0 Å². The molecule has 0 bridgehead atoms. The summed E-state index contributed by atoms with van der Waals surface area (Å²) < 4.78 is 2.70. The summed E-state index contributed by atoms with van der Waals surface area (Å²) in [5, 5.41) is 0. The third-order valence-electron chi connectivity index (χ3n) is 0.847. The number of hydrogen-bond acceptors (Lipinski definition) is 2. The fourth-order valence-electron chi connectivity index (χ4n) is 0.461. The zero-order valence-corrected chi connectivity index (χ0v) is 5.15. The summed E-state index contributed by atoms with van der Waals surface area (Å²) in [5.74, 6) is 0. The lowest BCUT2D eigenvalue weighted by molar-refractivity contribution is 1.29. The molecule has 2 heteroatoms. The Balaban J connectivity index is 2.68. The molecule has 0 aromatic rings. The molecule has 0 saturated heterocycles. The van der Waals surface area contributed by atoms with Gasteiger partial charge in [-0.1, -0.05) is 12.8 Å².